The van der Waals surface area contributed by atoms with Crippen molar-refractivity contribution in [3.05, 3.63) is 0 Å². The quantitative estimate of drug-likeness (QED) is 0.705. The molecule has 9 heteroatoms. The normalized spacial score (nSPS) is 15.9. The molecule has 15 heavy (non-hydrogen) atoms. The van der Waals surface area contributed by atoms with E-state index in [2.05, 4.69) is 4.74 Å². The lowest BCUT2D eigenvalue weighted by Gasteiger charge is -2.31. The number of nitrogens with zero attached hydrogens (tertiary/aromatic N) is 1. The van der Waals surface area contributed by atoms with Gasteiger partial charge in [-0.15, -0.1) is 0 Å². The third kappa shape index (κ3) is 1.99. The van der Waals surface area contributed by atoms with Gasteiger partial charge in [0.2, 0.25) is 0 Å². The molecule has 0 fully saturated rings. The molecule has 0 aromatic carbocycles. The van der Waals surface area contributed by atoms with Crippen LogP contribution in [-0.2, 0) is 4.74 Å². The second-order valence-corrected chi connectivity index (χ2v) is 2.41. The van der Waals surface area contributed by atoms with Crippen molar-refractivity contribution in [3.63, 3.8) is 0 Å². The zero-order chi connectivity index (χ0) is 12.5. The third-order valence-electron chi connectivity index (χ3n) is 1.47. The van der Waals surface area contributed by atoms with E-state index < -0.39 is 24.1 Å². The molecule has 0 bridgehead atoms. The molecule has 0 heterocycles. The highest BCUT2D eigenvalue weighted by molar-refractivity contribution is 5.04. The van der Waals surface area contributed by atoms with Gasteiger partial charge in [-0.1, -0.05) is 0 Å². The first-order chi connectivity index (χ1) is 6.54. The summed E-state index contributed by atoms with van der Waals surface area (Å²) in [6.45, 7) is 0. The Kier molecular flexibility index (Phi) is 3.58. The number of halogens is 7. The number of hydrogen-bond donors (Lipinski definition) is 0. The number of nitriles is 1. The minimum absolute atomic E-state index is 0.0452. The molecule has 0 amide bonds. The maximum absolute atomic E-state index is 12.4. The van der Waals surface area contributed by atoms with E-state index in [-0.39, 0.29) is 13.2 Å². The monoisotopic (exact) mass is 239 g/mol. The van der Waals surface area contributed by atoms with Gasteiger partial charge in [0.05, 0.1) is 0 Å². The third-order valence-corrected chi connectivity index (χ3v) is 1.47. The van der Waals surface area contributed by atoms with Gasteiger partial charge in [0, 0.05) is 7.11 Å². The van der Waals surface area contributed by atoms with Gasteiger partial charge >= 0.3 is 18.0 Å². The van der Waals surface area contributed by atoms with Crippen molar-refractivity contribution in [2.75, 3.05) is 7.11 Å². The van der Waals surface area contributed by atoms with Gasteiger partial charge in [-0.05, 0) is 0 Å². The first-order valence-corrected chi connectivity index (χ1v) is 3.27. The predicted molar refractivity (Wildman–Crippen MR) is 32.4 cm³/mol. The first kappa shape index (κ1) is 14.0. The average Bonchev–Trinajstić information content (AvgIpc) is 2.15. The molecule has 0 radical (unpaired) electrons. The van der Waals surface area contributed by atoms with E-state index in [0.29, 0.717) is 0 Å². The van der Waals surface area contributed by atoms with Gasteiger partial charge in [0.1, 0.15) is 6.07 Å². The summed E-state index contributed by atoms with van der Waals surface area (Å²) in [6, 6.07) is 0.122. The molecular formula is C6H4F7NO. The number of methoxy groups -OCH3 is 1. The Labute approximate surface area is 79.2 Å². The largest absolute Gasteiger partial charge is 0.425 e. The van der Waals surface area contributed by atoms with E-state index in [1.165, 1.54) is 0 Å². The van der Waals surface area contributed by atoms with Crippen LogP contribution in [0, 0.1) is 11.3 Å². The Bertz CT molecular complexity index is 271. The molecule has 0 aromatic heterocycles. The molecular weight excluding hydrogens is 235 g/mol. The average molecular weight is 239 g/mol. The molecule has 1 atom stereocenters. The molecule has 0 aliphatic rings. The molecule has 0 aliphatic heterocycles. The smallest absolute Gasteiger partial charge is 0.319 e. The van der Waals surface area contributed by atoms with Crippen molar-refractivity contribution in [1.82, 2.24) is 0 Å². The Morgan fingerprint density at radius 3 is 1.80 bits per heavy atom. The van der Waals surface area contributed by atoms with Crippen LogP contribution in [0.15, 0.2) is 0 Å². The molecule has 88 valence electrons. The molecule has 0 aromatic rings. The molecule has 0 saturated carbocycles. The molecule has 0 saturated heterocycles. The topological polar surface area (TPSA) is 33.0 Å². The van der Waals surface area contributed by atoms with Crippen LogP contribution in [0.25, 0.3) is 0 Å². The molecule has 0 N–H and O–H groups in total. The lowest BCUT2D eigenvalue weighted by atomic mass is 10.1. The number of rotatable bonds is 4. The van der Waals surface area contributed by atoms with Gasteiger partial charge in [-0.2, -0.15) is 31.6 Å². The highest BCUT2D eigenvalue weighted by Gasteiger charge is 2.76. The highest BCUT2D eigenvalue weighted by Crippen LogP contribution is 2.48. The maximum atomic E-state index is 12.4. The van der Waals surface area contributed by atoms with Crippen LogP contribution in [0.1, 0.15) is 0 Å². The van der Waals surface area contributed by atoms with Gasteiger partial charge in [-0.3, -0.25) is 0 Å². The van der Waals surface area contributed by atoms with Crippen LogP contribution < -0.4 is 0 Å². The van der Waals surface area contributed by atoms with Crippen molar-refractivity contribution < 1.29 is 35.5 Å². The van der Waals surface area contributed by atoms with Crippen LogP contribution in [0.3, 0.4) is 0 Å². The van der Waals surface area contributed by atoms with E-state index in [9.17, 15) is 30.7 Å². The highest BCUT2D eigenvalue weighted by atomic mass is 19.4. The lowest BCUT2D eigenvalue weighted by Crippen LogP contribution is -2.58. The zero-order valence-corrected chi connectivity index (χ0v) is 7.08. The fourth-order valence-corrected chi connectivity index (χ4v) is 0.562. The van der Waals surface area contributed by atoms with Crippen molar-refractivity contribution in [2.45, 2.75) is 24.1 Å². The molecule has 0 aliphatic carbocycles. The Morgan fingerprint density at radius 2 is 1.53 bits per heavy atom. The fourth-order valence-electron chi connectivity index (χ4n) is 0.562. The second-order valence-electron chi connectivity index (χ2n) is 2.41. The van der Waals surface area contributed by atoms with E-state index >= 15 is 0 Å². The van der Waals surface area contributed by atoms with E-state index in [0.717, 1.165) is 0 Å². The summed E-state index contributed by atoms with van der Waals surface area (Å²) in [4.78, 5) is 0. The first-order valence-electron chi connectivity index (χ1n) is 3.27. The van der Waals surface area contributed by atoms with Crippen LogP contribution in [0.5, 0.6) is 0 Å². The number of alkyl halides is 7. The fraction of sp³-hybridized carbons (Fsp3) is 0.833. The summed E-state index contributed by atoms with van der Waals surface area (Å²) in [7, 11) is 0.0452. The number of hydrogen-bond acceptors (Lipinski definition) is 2. The molecule has 0 spiro atoms. The van der Waals surface area contributed by atoms with E-state index in [4.69, 9.17) is 5.26 Å². The minimum Gasteiger partial charge on any atom is -0.319 e. The SMILES string of the molecule is COC(F)(F)C(F)(F)C(F)(F)C(F)C#N. The molecule has 1 unspecified atom stereocenters. The summed E-state index contributed by atoms with van der Waals surface area (Å²) >= 11 is 0. The molecule has 2 nitrogen and oxygen atoms in total. The maximum Gasteiger partial charge on any atom is 0.425 e. The summed E-state index contributed by atoms with van der Waals surface area (Å²) in [6.07, 6.45) is -9.63. The van der Waals surface area contributed by atoms with E-state index in [1.807, 2.05) is 0 Å². The number of ether oxygens (including phenoxy) is 1. The second kappa shape index (κ2) is 3.84. The van der Waals surface area contributed by atoms with Gasteiger partial charge in [-0.25, -0.2) is 4.39 Å². The summed E-state index contributed by atoms with van der Waals surface area (Å²) in [5, 5.41) is 7.65. The summed E-state index contributed by atoms with van der Waals surface area (Å²) in [5.74, 6) is -12.0. The van der Waals surface area contributed by atoms with Crippen molar-refractivity contribution in [1.29, 1.82) is 5.26 Å². The van der Waals surface area contributed by atoms with Crippen LogP contribution in [-0.4, -0.2) is 31.2 Å². The lowest BCUT2D eigenvalue weighted by molar-refractivity contribution is -0.397. The van der Waals surface area contributed by atoms with Crippen LogP contribution >= 0.6 is 0 Å². The van der Waals surface area contributed by atoms with Gasteiger partial charge < -0.3 is 4.74 Å². The molecule has 0 rings (SSSR count). The predicted octanol–water partition coefficient (Wildman–Crippen LogP) is 2.36. The van der Waals surface area contributed by atoms with E-state index in [1.54, 1.807) is 0 Å². The Morgan fingerprint density at radius 1 is 1.13 bits per heavy atom. The van der Waals surface area contributed by atoms with Crippen molar-refractivity contribution >= 4 is 0 Å². The van der Waals surface area contributed by atoms with Crippen molar-refractivity contribution in [3.8, 4) is 6.07 Å². The Hall–Kier alpha value is -1.04. The van der Waals surface area contributed by atoms with Crippen LogP contribution in [0.4, 0.5) is 30.7 Å². The van der Waals surface area contributed by atoms with Crippen molar-refractivity contribution in [2.24, 2.45) is 0 Å². The minimum atomic E-state index is -6.12. The Balaban J connectivity index is 5.29. The van der Waals surface area contributed by atoms with Gasteiger partial charge in [0.15, 0.2) is 0 Å². The standard InChI is InChI=1S/C6H4F7NO/c1-15-6(12,13)5(10,11)4(8,9)3(7)2-14/h3H,1H3. The van der Waals surface area contributed by atoms with Crippen LogP contribution in [0.2, 0.25) is 0 Å². The summed E-state index contributed by atoms with van der Waals surface area (Å²) in [5.41, 5.74) is 0. The van der Waals surface area contributed by atoms with Gasteiger partial charge in [0.25, 0.3) is 6.17 Å². The summed E-state index contributed by atoms with van der Waals surface area (Å²) < 4.78 is 88.9. The zero-order valence-electron chi connectivity index (χ0n) is 7.08.